The van der Waals surface area contributed by atoms with E-state index in [0.717, 1.165) is 23.9 Å². The van der Waals surface area contributed by atoms with E-state index in [1.807, 2.05) is 42.1 Å². The molecule has 1 aliphatic rings. The van der Waals surface area contributed by atoms with Crippen molar-refractivity contribution in [2.24, 2.45) is 0 Å². The Morgan fingerprint density at radius 3 is 2.81 bits per heavy atom. The Bertz CT molecular complexity index is 332. The lowest BCUT2D eigenvalue weighted by Gasteiger charge is -2.23. The summed E-state index contributed by atoms with van der Waals surface area (Å²) in [7, 11) is 0. The van der Waals surface area contributed by atoms with Gasteiger partial charge < -0.3 is 10.2 Å². The molecule has 0 atom stereocenters. The highest BCUT2D eigenvalue weighted by Crippen LogP contribution is 2.12. The summed E-state index contributed by atoms with van der Waals surface area (Å²) in [6, 6.07) is 10.1. The number of nitrogens with one attached hydrogen (secondary N) is 1. The molecule has 0 saturated carbocycles. The summed E-state index contributed by atoms with van der Waals surface area (Å²) >= 11 is 7.44. The molecule has 0 spiro atoms. The molecule has 4 heteroatoms. The van der Waals surface area contributed by atoms with E-state index < -0.39 is 0 Å². The van der Waals surface area contributed by atoms with Crippen molar-refractivity contribution in [1.29, 1.82) is 0 Å². The summed E-state index contributed by atoms with van der Waals surface area (Å²) in [5.41, 5.74) is 1.07. The largest absolute Gasteiger partial charge is 0.348 e. The number of hydrogen-bond acceptors (Lipinski definition) is 2. The first kappa shape index (κ1) is 11.7. The molecule has 1 aromatic carbocycles. The Hall–Kier alpha value is -0.740. The SMILES string of the molecule is S=C(Nc1ccccc1)N1CCCSCC1. The molecule has 2 nitrogen and oxygen atoms in total. The third-order valence-electron chi connectivity index (χ3n) is 2.53. The number of thiocarbonyl (C=S) groups is 1. The smallest absolute Gasteiger partial charge is 0.173 e. The van der Waals surface area contributed by atoms with Gasteiger partial charge in [-0.25, -0.2) is 0 Å². The maximum atomic E-state index is 5.42. The molecule has 86 valence electrons. The third kappa shape index (κ3) is 3.39. The molecule has 0 aliphatic carbocycles. The normalized spacial score (nSPS) is 16.6. The second-order valence-corrected chi connectivity index (χ2v) is 5.36. The lowest BCUT2D eigenvalue weighted by molar-refractivity contribution is 0.457. The van der Waals surface area contributed by atoms with Crippen LogP contribution in [0.3, 0.4) is 0 Å². The Morgan fingerprint density at radius 2 is 2.00 bits per heavy atom. The molecule has 1 saturated heterocycles. The van der Waals surface area contributed by atoms with Crippen LogP contribution in [0.4, 0.5) is 5.69 Å². The highest BCUT2D eigenvalue weighted by molar-refractivity contribution is 7.99. The lowest BCUT2D eigenvalue weighted by Crippen LogP contribution is -2.36. The molecular weight excluding hydrogens is 236 g/mol. The molecule has 0 radical (unpaired) electrons. The van der Waals surface area contributed by atoms with Crippen molar-refractivity contribution in [2.45, 2.75) is 6.42 Å². The Kier molecular flexibility index (Phi) is 4.48. The van der Waals surface area contributed by atoms with Crippen LogP contribution in [0.2, 0.25) is 0 Å². The maximum absolute atomic E-state index is 5.42. The number of para-hydroxylation sites is 1. The number of hydrogen-bond donors (Lipinski definition) is 1. The van der Waals surface area contributed by atoms with Crippen molar-refractivity contribution in [3.8, 4) is 0 Å². The average Bonchev–Trinajstić information content (AvgIpc) is 2.59. The average molecular weight is 252 g/mol. The summed E-state index contributed by atoms with van der Waals surface area (Å²) in [6.45, 7) is 2.13. The second kappa shape index (κ2) is 6.11. The summed E-state index contributed by atoms with van der Waals surface area (Å²) < 4.78 is 0. The van der Waals surface area contributed by atoms with Crippen molar-refractivity contribution in [1.82, 2.24) is 4.90 Å². The van der Waals surface area contributed by atoms with E-state index in [4.69, 9.17) is 12.2 Å². The summed E-state index contributed by atoms with van der Waals surface area (Å²) in [5, 5.41) is 4.14. The van der Waals surface area contributed by atoms with Crippen LogP contribution < -0.4 is 5.32 Å². The monoisotopic (exact) mass is 252 g/mol. The van der Waals surface area contributed by atoms with E-state index in [9.17, 15) is 0 Å². The predicted molar refractivity (Wildman–Crippen MR) is 76.2 cm³/mol. The minimum Gasteiger partial charge on any atom is -0.348 e. The van der Waals surface area contributed by atoms with Crippen LogP contribution in [-0.2, 0) is 0 Å². The van der Waals surface area contributed by atoms with Crippen LogP contribution in [0.15, 0.2) is 30.3 Å². The minimum atomic E-state index is 0.855. The highest BCUT2D eigenvalue weighted by atomic mass is 32.2. The van der Waals surface area contributed by atoms with E-state index in [2.05, 4.69) is 10.2 Å². The molecule has 2 rings (SSSR count). The van der Waals surface area contributed by atoms with Crippen molar-refractivity contribution in [2.75, 3.05) is 29.9 Å². The van der Waals surface area contributed by atoms with Gasteiger partial charge in [-0.2, -0.15) is 11.8 Å². The molecule has 0 aromatic heterocycles. The summed E-state index contributed by atoms with van der Waals surface area (Å²) in [4.78, 5) is 2.27. The van der Waals surface area contributed by atoms with Gasteiger partial charge in [0.1, 0.15) is 0 Å². The zero-order chi connectivity index (χ0) is 11.2. The van der Waals surface area contributed by atoms with Gasteiger partial charge in [0.2, 0.25) is 0 Å². The topological polar surface area (TPSA) is 15.3 Å². The van der Waals surface area contributed by atoms with Gasteiger partial charge in [-0.05, 0) is 36.5 Å². The number of anilines is 1. The molecule has 0 amide bonds. The Morgan fingerprint density at radius 1 is 1.19 bits per heavy atom. The molecule has 1 fully saturated rings. The van der Waals surface area contributed by atoms with Crippen molar-refractivity contribution < 1.29 is 0 Å². The van der Waals surface area contributed by atoms with Gasteiger partial charge in [0.25, 0.3) is 0 Å². The van der Waals surface area contributed by atoms with E-state index in [1.54, 1.807) is 0 Å². The Balaban J connectivity index is 1.92. The van der Waals surface area contributed by atoms with E-state index in [0.29, 0.717) is 0 Å². The van der Waals surface area contributed by atoms with Gasteiger partial charge in [-0.15, -0.1) is 0 Å². The van der Waals surface area contributed by atoms with Crippen LogP contribution in [-0.4, -0.2) is 34.6 Å². The zero-order valence-corrected chi connectivity index (χ0v) is 10.8. The fraction of sp³-hybridized carbons (Fsp3) is 0.417. The summed E-state index contributed by atoms with van der Waals surface area (Å²) in [6.07, 6.45) is 1.22. The van der Waals surface area contributed by atoms with Gasteiger partial charge in [-0.1, -0.05) is 18.2 Å². The van der Waals surface area contributed by atoms with E-state index in [-0.39, 0.29) is 0 Å². The van der Waals surface area contributed by atoms with Gasteiger partial charge in [0.05, 0.1) is 0 Å². The molecule has 1 heterocycles. The molecule has 1 aromatic rings. The van der Waals surface area contributed by atoms with Gasteiger partial charge >= 0.3 is 0 Å². The standard InChI is InChI=1S/C12H16N2S2/c15-12(13-11-5-2-1-3-6-11)14-7-4-9-16-10-8-14/h1-3,5-6H,4,7-10H2,(H,13,15). The van der Waals surface area contributed by atoms with E-state index in [1.165, 1.54) is 17.9 Å². The number of benzene rings is 1. The number of nitrogens with zero attached hydrogens (tertiary/aromatic N) is 1. The number of rotatable bonds is 1. The number of thioether (sulfide) groups is 1. The van der Waals surface area contributed by atoms with Gasteiger partial charge in [-0.3, -0.25) is 0 Å². The molecule has 0 bridgehead atoms. The van der Waals surface area contributed by atoms with Crippen LogP contribution in [0.25, 0.3) is 0 Å². The molecular formula is C12H16N2S2. The molecule has 16 heavy (non-hydrogen) atoms. The lowest BCUT2D eigenvalue weighted by atomic mass is 10.3. The molecule has 0 unspecified atom stereocenters. The zero-order valence-electron chi connectivity index (χ0n) is 9.19. The van der Waals surface area contributed by atoms with Crippen LogP contribution in [0, 0.1) is 0 Å². The second-order valence-electron chi connectivity index (χ2n) is 3.75. The fourth-order valence-corrected chi connectivity index (χ4v) is 2.86. The first-order valence-electron chi connectivity index (χ1n) is 5.55. The van der Waals surface area contributed by atoms with Crippen LogP contribution in [0.5, 0.6) is 0 Å². The first-order chi connectivity index (χ1) is 7.86. The maximum Gasteiger partial charge on any atom is 0.173 e. The third-order valence-corrected chi connectivity index (χ3v) is 3.94. The fourth-order valence-electron chi connectivity index (χ4n) is 1.67. The van der Waals surface area contributed by atoms with Crippen molar-refractivity contribution in [3.63, 3.8) is 0 Å². The summed E-state index contributed by atoms with van der Waals surface area (Å²) in [5.74, 6) is 2.43. The van der Waals surface area contributed by atoms with Crippen molar-refractivity contribution in [3.05, 3.63) is 30.3 Å². The highest BCUT2D eigenvalue weighted by Gasteiger charge is 2.11. The first-order valence-corrected chi connectivity index (χ1v) is 7.11. The quantitative estimate of drug-likeness (QED) is 0.773. The van der Waals surface area contributed by atoms with Crippen LogP contribution >= 0.6 is 24.0 Å². The predicted octanol–water partition coefficient (Wildman–Crippen LogP) is 2.82. The molecule has 1 aliphatic heterocycles. The minimum absolute atomic E-state index is 0.855. The van der Waals surface area contributed by atoms with Gasteiger partial charge in [0, 0.05) is 24.5 Å². The van der Waals surface area contributed by atoms with Gasteiger partial charge in [0.15, 0.2) is 5.11 Å². The van der Waals surface area contributed by atoms with Crippen LogP contribution in [0.1, 0.15) is 6.42 Å². The van der Waals surface area contributed by atoms with Crippen molar-refractivity contribution >= 4 is 34.8 Å². The van der Waals surface area contributed by atoms with E-state index >= 15 is 0 Å². The molecule has 1 N–H and O–H groups in total. The Labute approximate surface area is 106 Å².